The molecule has 3 heteroatoms. The summed E-state index contributed by atoms with van der Waals surface area (Å²) < 4.78 is 5.28. The van der Waals surface area contributed by atoms with Gasteiger partial charge in [-0.2, -0.15) is 0 Å². The second-order valence-electron chi connectivity index (χ2n) is 3.49. The number of fused-ring (bicyclic) bond motifs is 1. The maximum Gasteiger partial charge on any atom is 0.181 e. The molecule has 1 aromatic carbocycles. The zero-order valence-electron chi connectivity index (χ0n) is 9.10. The summed E-state index contributed by atoms with van der Waals surface area (Å²) in [6.45, 7) is 9.06. The fraction of sp³-hybridized carbons (Fsp3) is 0.154. The smallest absolute Gasteiger partial charge is 0.181 e. The van der Waals surface area contributed by atoms with Crippen LogP contribution in [-0.2, 0) is 0 Å². The third-order valence-corrected chi connectivity index (χ3v) is 2.38. The van der Waals surface area contributed by atoms with Crippen LogP contribution in [0.15, 0.2) is 54.3 Å². The van der Waals surface area contributed by atoms with Crippen LogP contribution in [0.1, 0.15) is 0 Å². The molecule has 0 amide bonds. The van der Waals surface area contributed by atoms with E-state index in [0.717, 1.165) is 29.9 Å². The van der Waals surface area contributed by atoms with Gasteiger partial charge in [0, 0.05) is 24.8 Å². The Labute approximate surface area is 94.7 Å². The van der Waals surface area contributed by atoms with Crippen LogP contribution in [0.2, 0.25) is 0 Å². The molecule has 0 radical (unpaired) electrons. The molecule has 3 nitrogen and oxygen atoms in total. The van der Waals surface area contributed by atoms with Gasteiger partial charge < -0.3 is 9.32 Å². The molecule has 16 heavy (non-hydrogen) atoms. The van der Waals surface area contributed by atoms with E-state index in [-0.39, 0.29) is 0 Å². The van der Waals surface area contributed by atoms with Crippen molar-refractivity contribution in [3.8, 4) is 0 Å². The zero-order valence-corrected chi connectivity index (χ0v) is 9.10. The minimum absolute atomic E-state index is 0.783. The zero-order chi connectivity index (χ0) is 11.4. The van der Waals surface area contributed by atoms with E-state index >= 15 is 0 Å². The summed E-state index contributed by atoms with van der Waals surface area (Å²) in [5.74, 6) is 0. The van der Waals surface area contributed by atoms with Crippen LogP contribution in [0.25, 0.3) is 11.1 Å². The van der Waals surface area contributed by atoms with Crippen molar-refractivity contribution in [2.24, 2.45) is 0 Å². The number of hydrogen-bond acceptors (Lipinski definition) is 3. The van der Waals surface area contributed by atoms with E-state index in [1.165, 1.54) is 6.39 Å². The van der Waals surface area contributed by atoms with E-state index < -0.39 is 0 Å². The molecular weight excluding hydrogens is 200 g/mol. The molecule has 0 aliphatic rings. The Balaban J connectivity index is 2.34. The largest absolute Gasteiger partial charge is 0.443 e. The van der Waals surface area contributed by atoms with Gasteiger partial charge in [0.05, 0.1) is 0 Å². The van der Waals surface area contributed by atoms with Crippen LogP contribution in [-0.4, -0.2) is 18.1 Å². The highest BCUT2D eigenvalue weighted by Gasteiger charge is 2.05. The van der Waals surface area contributed by atoms with Crippen molar-refractivity contribution in [1.82, 2.24) is 4.98 Å². The minimum atomic E-state index is 0.783. The first-order valence-corrected chi connectivity index (χ1v) is 5.15. The standard InChI is InChI=1S/C13H14N2O/c1-3-7-15(8-4-2)11-5-6-12-13(9-11)16-10-14-12/h3-6,9-10H,1-2,7-8H2. The van der Waals surface area contributed by atoms with E-state index in [9.17, 15) is 0 Å². The van der Waals surface area contributed by atoms with Crippen LogP contribution in [0.3, 0.4) is 0 Å². The van der Waals surface area contributed by atoms with Gasteiger partial charge in [0.2, 0.25) is 0 Å². The van der Waals surface area contributed by atoms with E-state index in [4.69, 9.17) is 4.42 Å². The van der Waals surface area contributed by atoms with Crippen molar-refractivity contribution in [3.63, 3.8) is 0 Å². The van der Waals surface area contributed by atoms with Gasteiger partial charge in [0.25, 0.3) is 0 Å². The normalized spacial score (nSPS) is 10.2. The highest BCUT2D eigenvalue weighted by Crippen LogP contribution is 2.21. The first-order chi connectivity index (χ1) is 7.85. The maximum absolute atomic E-state index is 5.28. The van der Waals surface area contributed by atoms with Gasteiger partial charge in [-0.15, -0.1) is 13.2 Å². The molecule has 2 aromatic rings. The molecule has 1 heterocycles. The number of nitrogens with zero attached hydrogens (tertiary/aromatic N) is 2. The lowest BCUT2D eigenvalue weighted by molar-refractivity contribution is 0.602. The Bertz CT molecular complexity index is 491. The van der Waals surface area contributed by atoms with Crippen molar-refractivity contribution in [2.45, 2.75) is 0 Å². The minimum Gasteiger partial charge on any atom is -0.443 e. The van der Waals surface area contributed by atoms with Crippen LogP contribution < -0.4 is 4.90 Å². The van der Waals surface area contributed by atoms with Gasteiger partial charge in [-0.1, -0.05) is 12.2 Å². The maximum atomic E-state index is 5.28. The summed E-state index contributed by atoms with van der Waals surface area (Å²) in [4.78, 5) is 6.24. The summed E-state index contributed by atoms with van der Waals surface area (Å²) in [6, 6.07) is 5.96. The third kappa shape index (κ3) is 1.98. The molecule has 0 unspecified atom stereocenters. The third-order valence-electron chi connectivity index (χ3n) is 2.38. The topological polar surface area (TPSA) is 29.3 Å². The van der Waals surface area contributed by atoms with Crippen molar-refractivity contribution in [3.05, 3.63) is 49.9 Å². The lowest BCUT2D eigenvalue weighted by atomic mass is 10.2. The Morgan fingerprint density at radius 1 is 1.25 bits per heavy atom. The molecule has 2 rings (SSSR count). The van der Waals surface area contributed by atoms with Gasteiger partial charge in [-0.05, 0) is 12.1 Å². The molecule has 0 aliphatic carbocycles. The molecule has 0 bridgehead atoms. The van der Waals surface area contributed by atoms with Crippen molar-refractivity contribution >= 4 is 16.8 Å². The number of hydrogen-bond donors (Lipinski definition) is 0. The van der Waals surface area contributed by atoms with E-state index in [2.05, 4.69) is 23.0 Å². The number of rotatable bonds is 5. The summed E-state index contributed by atoms with van der Waals surface area (Å²) >= 11 is 0. The van der Waals surface area contributed by atoms with Crippen molar-refractivity contribution in [1.29, 1.82) is 0 Å². The highest BCUT2D eigenvalue weighted by atomic mass is 16.3. The number of anilines is 1. The summed E-state index contributed by atoms with van der Waals surface area (Å²) in [7, 11) is 0. The van der Waals surface area contributed by atoms with Crippen molar-refractivity contribution in [2.75, 3.05) is 18.0 Å². The molecule has 0 saturated heterocycles. The SMILES string of the molecule is C=CCN(CC=C)c1ccc2ncoc2c1. The molecule has 1 aromatic heterocycles. The van der Waals surface area contributed by atoms with Crippen LogP contribution in [0.5, 0.6) is 0 Å². The van der Waals surface area contributed by atoms with Crippen LogP contribution in [0.4, 0.5) is 5.69 Å². The fourth-order valence-electron chi connectivity index (χ4n) is 1.64. The quantitative estimate of drug-likeness (QED) is 0.716. The molecule has 0 spiro atoms. The number of aromatic nitrogens is 1. The van der Waals surface area contributed by atoms with Crippen LogP contribution >= 0.6 is 0 Å². The van der Waals surface area contributed by atoms with E-state index in [0.29, 0.717) is 0 Å². The predicted octanol–water partition coefficient (Wildman–Crippen LogP) is 3.01. The monoisotopic (exact) mass is 214 g/mol. The molecule has 0 aliphatic heterocycles. The van der Waals surface area contributed by atoms with Crippen molar-refractivity contribution < 1.29 is 4.42 Å². The molecule has 0 saturated carbocycles. The predicted molar refractivity (Wildman–Crippen MR) is 66.6 cm³/mol. The average Bonchev–Trinajstić information content (AvgIpc) is 2.75. The molecule has 0 N–H and O–H groups in total. The second-order valence-corrected chi connectivity index (χ2v) is 3.49. The first-order valence-electron chi connectivity index (χ1n) is 5.15. The highest BCUT2D eigenvalue weighted by molar-refractivity contribution is 5.77. The summed E-state index contributed by atoms with van der Waals surface area (Å²) in [6.07, 6.45) is 5.20. The van der Waals surface area contributed by atoms with Gasteiger partial charge in [-0.25, -0.2) is 4.98 Å². The van der Waals surface area contributed by atoms with Crippen LogP contribution in [0, 0.1) is 0 Å². The lowest BCUT2D eigenvalue weighted by Gasteiger charge is -2.21. The number of oxazole rings is 1. The van der Waals surface area contributed by atoms with Gasteiger partial charge in [0.1, 0.15) is 5.52 Å². The van der Waals surface area contributed by atoms with Gasteiger partial charge in [-0.3, -0.25) is 0 Å². The average molecular weight is 214 g/mol. The Hall–Kier alpha value is -2.03. The molecule has 0 atom stereocenters. The van der Waals surface area contributed by atoms with Gasteiger partial charge in [0.15, 0.2) is 12.0 Å². The Kier molecular flexibility index (Phi) is 3.05. The van der Waals surface area contributed by atoms with Gasteiger partial charge >= 0.3 is 0 Å². The fourth-order valence-corrected chi connectivity index (χ4v) is 1.64. The first kappa shape index (κ1) is 10.5. The summed E-state index contributed by atoms with van der Waals surface area (Å²) in [5, 5.41) is 0. The Morgan fingerprint density at radius 3 is 2.69 bits per heavy atom. The molecule has 0 fully saturated rings. The summed E-state index contributed by atoms with van der Waals surface area (Å²) in [5.41, 5.74) is 2.76. The lowest BCUT2D eigenvalue weighted by Crippen LogP contribution is -2.22. The molecular formula is C13H14N2O. The van der Waals surface area contributed by atoms with E-state index in [1.807, 2.05) is 30.4 Å². The second kappa shape index (κ2) is 4.66. The molecule has 82 valence electrons. The van der Waals surface area contributed by atoms with E-state index in [1.54, 1.807) is 0 Å². The Morgan fingerprint density at radius 2 is 2.00 bits per heavy atom. The number of benzene rings is 1.